The van der Waals surface area contributed by atoms with E-state index in [9.17, 15) is 4.79 Å². The lowest BCUT2D eigenvalue weighted by Gasteiger charge is -2.28. The van der Waals surface area contributed by atoms with Gasteiger partial charge in [0.1, 0.15) is 0 Å². The largest absolute Gasteiger partial charge is 0.325 e. The molecule has 1 aliphatic heterocycles. The number of nitrogens with one attached hydrogen (secondary N) is 2. The Morgan fingerprint density at radius 2 is 2.21 bits per heavy atom. The van der Waals surface area contributed by atoms with Gasteiger partial charge in [-0.1, -0.05) is 6.92 Å². The predicted molar refractivity (Wildman–Crippen MR) is 102 cm³/mol. The molecule has 2 unspecified atom stereocenters. The molecule has 0 aromatic carbocycles. The van der Waals surface area contributed by atoms with Gasteiger partial charge in [-0.15, -0.1) is 24.8 Å². The van der Waals surface area contributed by atoms with Crippen LogP contribution in [0.4, 0.5) is 5.69 Å². The molecule has 1 amide bonds. The zero-order chi connectivity index (χ0) is 15.4. The van der Waals surface area contributed by atoms with Gasteiger partial charge in [-0.25, -0.2) is 0 Å². The molecular weight excluding hydrogens is 347 g/mol. The maximum atomic E-state index is 12.3. The van der Waals surface area contributed by atoms with Gasteiger partial charge in [-0.2, -0.15) is 0 Å². The van der Waals surface area contributed by atoms with E-state index in [0.717, 1.165) is 29.7 Å². The van der Waals surface area contributed by atoms with Crippen LogP contribution in [0.5, 0.6) is 0 Å². The Labute approximate surface area is 154 Å². The number of fused-ring (bicyclic) bond motifs is 1. The fraction of sp³-hybridized carbons (Fsp3) is 0.471. The molecule has 0 aliphatic carbocycles. The summed E-state index contributed by atoms with van der Waals surface area (Å²) in [6.07, 6.45) is 8.13. The molecule has 0 saturated carbocycles. The van der Waals surface area contributed by atoms with E-state index in [1.54, 1.807) is 18.6 Å². The molecule has 5 nitrogen and oxygen atoms in total. The zero-order valence-corrected chi connectivity index (χ0v) is 15.3. The number of anilines is 1. The van der Waals surface area contributed by atoms with Crippen LogP contribution < -0.4 is 10.6 Å². The van der Waals surface area contributed by atoms with Gasteiger partial charge in [-0.05, 0) is 49.9 Å². The van der Waals surface area contributed by atoms with Crippen molar-refractivity contribution in [2.75, 3.05) is 18.4 Å². The number of hydrogen-bond acceptors (Lipinski definition) is 4. The second-order valence-corrected chi connectivity index (χ2v) is 6.09. The van der Waals surface area contributed by atoms with Crippen molar-refractivity contribution in [3.05, 3.63) is 30.7 Å². The number of hydrogen-bond donors (Lipinski definition) is 2. The van der Waals surface area contributed by atoms with E-state index in [1.165, 1.54) is 12.8 Å². The summed E-state index contributed by atoms with van der Waals surface area (Å²) < 4.78 is 0. The average Bonchev–Trinajstić information content (AvgIpc) is 2.56. The van der Waals surface area contributed by atoms with Crippen LogP contribution in [0.1, 0.15) is 26.2 Å². The predicted octanol–water partition coefficient (Wildman–Crippen LogP) is 3.44. The average molecular weight is 371 g/mol. The molecule has 132 valence electrons. The molecule has 3 rings (SSSR count). The highest BCUT2D eigenvalue weighted by Gasteiger charge is 2.22. The summed E-state index contributed by atoms with van der Waals surface area (Å²) in [6.45, 7) is 4.30. The normalized spacial score (nSPS) is 18.1. The third-order valence-corrected chi connectivity index (χ3v) is 4.46. The van der Waals surface area contributed by atoms with Crippen LogP contribution in [-0.4, -0.2) is 29.0 Å². The molecule has 1 aliphatic rings. The first-order valence-electron chi connectivity index (χ1n) is 7.93. The van der Waals surface area contributed by atoms with E-state index >= 15 is 0 Å². The van der Waals surface area contributed by atoms with Crippen molar-refractivity contribution in [3.8, 4) is 0 Å². The van der Waals surface area contributed by atoms with Crippen LogP contribution in [0, 0.1) is 11.8 Å². The van der Waals surface area contributed by atoms with Crippen molar-refractivity contribution in [1.82, 2.24) is 15.3 Å². The second-order valence-electron chi connectivity index (χ2n) is 6.09. The van der Waals surface area contributed by atoms with Crippen LogP contribution in [0.2, 0.25) is 0 Å². The van der Waals surface area contributed by atoms with Crippen molar-refractivity contribution < 1.29 is 4.79 Å². The second kappa shape index (κ2) is 9.77. The molecule has 2 atom stereocenters. The molecule has 1 saturated heterocycles. The molecule has 0 bridgehead atoms. The van der Waals surface area contributed by atoms with E-state index in [1.807, 2.05) is 12.1 Å². The molecule has 7 heteroatoms. The molecule has 24 heavy (non-hydrogen) atoms. The van der Waals surface area contributed by atoms with Crippen molar-refractivity contribution in [2.24, 2.45) is 11.8 Å². The Kier molecular flexibility index (Phi) is 8.39. The van der Waals surface area contributed by atoms with Gasteiger partial charge in [0, 0.05) is 30.4 Å². The van der Waals surface area contributed by atoms with Crippen molar-refractivity contribution in [3.63, 3.8) is 0 Å². The lowest BCUT2D eigenvalue weighted by Crippen LogP contribution is -2.34. The summed E-state index contributed by atoms with van der Waals surface area (Å²) in [5, 5.41) is 7.31. The Hall–Kier alpha value is -1.43. The Morgan fingerprint density at radius 3 is 2.96 bits per heavy atom. The fourth-order valence-electron chi connectivity index (χ4n) is 3.12. The van der Waals surface area contributed by atoms with Gasteiger partial charge in [0.05, 0.1) is 11.2 Å². The number of halogens is 2. The highest BCUT2D eigenvalue weighted by atomic mass is 35.5. The monoisotopic (exact) mass is 370 g/mol. The minimum absolute atomic E-state index is 0. The maximum absolute atomic E-state index is 12.3. The molecule has 3 heterocycles. The summed E-state index contributed by atoms with van der Waals surface area (Å²) in [4.78, 5) is 20.7. The summed E-state index contributed by atoms with van der Waals surface area (Å²) in [5.74, 6) is 1.05. The summed E-state index contributed by atoms with van der Waals surface area (Å²) in [6, 6.07) is 3.68. The molecule has 1 fully saturated rings. The summed E-state index contributed by atoms with van der Waals surface area (Å²) in [5.41, 5.74) is 1.63. The molecule has 2 N–H and O–H groups in total. The van der Waals surface area contributed by atoms with Gasteiger partial charge in [0.25, 0.3) is 0 Å². The fourth-order valence-corrected chi connectivity index (χ4v) is 3.12. The Bertz CT molecular complexity index is 657. The van der Waals surface area contributed by atoms with Crippen molar-refractivity contribution in [1.29, 1.82) is 0 Å². The first kappa shape index (κ1) is 20.6. The molecular formula is C17H24Cl2N4O. The van der Waals surface area contributed by atoms with E-state index in [0.29, 0.717) is 18.3 Å². The number of pyridine rings is 2. The third kappa shape index (κ3) is 5.03. The molecule has 0 spiro atoms. The van der Waals surface area contributed by atoms with Crippen LogP contribution in [0.15, 0.2) is 30.7 Å². The minimum Gasteiger partial charge on any atom is -0.325 e. The number of rotatable bonds is 4. The lowest BCUT2D eigenvalue weighted by molar-refractivity contribution is -0.117. The highest BCUT2D eigenvalue weighted by Crippen LogP contribution is 2.24. The first-order chi connectivity index (χ1) is 10.7. The number of amides is 1. The number of piperidine rings is 1. The van der Waals surface area contributed by atoms with Gasteiger partial charge in [-0.3, -0.25) is 14.8 Å². The van der Waals surface area contributed by atoms with Gasteiger partial charge in [0.2, 0.25) is 5.91 Å². The molecule has 2 aromatic heterocycles. The minimum atomic E-state index is 0. The van der Waals surface area contributed by atoms with Crippen molar-refractivity contribution in [2.45, 2.75) is 26.2 Å². The van der Waals surface area contributed by atoms with Gasteiger partial charge < -0.3 is 10.6 Å². The maximum Gasteiger partial charge on any atom is 0.224 e. The molecule has 0 radical (unpaired) electrons. The number of carbonyl (C=O) groups excluding carboxylic acids is 1. The van der Waals surface area contributed by atoms with E-state index in [4.69, 9.17) is 0 Å². The lowest BCUT2D eigenvalue weighted by atomic mass is 9.85. The van der Waals surface area contributed by atoms with E-state index in [2.05, 4.69) is 27.5 Å². The van der Waals surface area contributed by atoms with Crippen molar-refractivity contribution >= 4 is 47.3 Å². The Morgan fingerprint density at radius 1 is 1.38 bits per heavy atom. The van der Waals surface area contributed by atoms with E-state index in [-0.39, 0.29) is 30.7 Å². The third-order valence-electron chi connectivity index (χ3n) is 4.46. The quantitative estimate of drug-likeness (QED) is 0.864. The summed E-state index contributed by atoms with van der Waals surface area (Å²) in [7, 11) is 0. The number of carbonyl (C=O) groups is 1. The number of aromatic nitrogens is 2. The first-order valence-corrected chi connectivity index (χ1v) is 7.93. The van der Waals surface area contributed by atoms with E-state index < -0.39 is 0 Å². The SMILES string of the molecule is CC(CC(=O)Nc1ccnc2ccncc12)C1CCCNC1.Cl.Cl. The van der Waals surface area contributed by atoms with Gasteiger partial charge in [0.15, 0.2) is 0 Å². The van der Waals surface area contributed by atoms with Crippen LogP contribution in [0.3, 0.4) is 0 Å². The van der Waals surface area contributed by atoms with Gasteiger partial charge >= 0.3 is 0 Å². The van der Waals surface area contributed by atoms with Crippen LogP contribution >= 0.6 is 24.8 Å². The number of nitrogens with zero attached hydrogens (tertiary/aromatic N) is 2. The molecule has 2 aromatic rings. The standard InChI is InChI=1S/C17H22N4O.2ClH/c1-12(13-3-2-6-18-10-13)9-17(22)21-16-5-8-20-15-4-7-19-11-14(15)16;;/h4-5,7-8,11-13,18H,2-3,6,9-10H2,1H3,(H,20,21,22);2*1H. The summed E-state index contributed by atoms with van der Waals surface area (Å²) >= 11 is 0. The zero-order valence-electron chi connectivity index (χ0n) is 13.7. The smallest absolute Gasteiger partial charge is 0.224 e. The Balaban J connectivity index is 0.00000144. The van der Waals surface area contributed by atoms with Crippen LogP contribution in [-0.2, 0) is 4.79 Å². The highest BCUT2D eigenvalue weighted by molar-refractivity contribution is 6.00. The topological polar surface area (TPSA) is 66.9 Å². The van der Waals surface area contributed by atoms with Crippen LogP contribution in [0.25, 0.3) is 10.9 Å².